The standard InChI is InChI=1S/C72H63BN2O3/c1-69(2,3)45-26-29-47(30-27-45)75-58-41-63-50(51-38-55-56(40-62(51)76-63)72(9,10)34-33-71(55,7)8)37-53(58)64-65-59(39-52-48-23-17-18-24-60(48)77-67(52)64)74(57-31-28-46(70(4,5)6)36-49(57)43-21-15-12-16-22-43)66-54-35-44(42-19-13-11-14-20-42)25-32-61(54)78-68(66)73(65)75/h11-32,35-41H,33-34H2,1-10H3. The molecule has 3 aliphatic rings. The summed E-state index contributed by atoms with van der Waals surface area (Å²) in [6, 6.07) is 65.3. The molecule has 0 spiro atoms. The van der Waals surface area contributed by atoms with Crippen molar-refractivity contribution in [3.8, 4) is 33.4 Å². The number of fused-ring (bicyclic) bond motifs is 14. The predicted octanol–water partition coefficient (Wildman–Crippen LogP) is 19.2. The van der Waals surface area contributed by atoms with E-state index in [9.17, 15) is 0 Å². The van der Waals surface area contributed by atoms with E-state index in [1.165, 1.54) is 22.3 Å². The van der Waals surface area contributed by atoms with Crippen molar-refractivity contribution in [2.45, 2.75) is 104 Å². The number of nitrogens with zero attached hydrogens (tertiary/aromatic N) is 2. The van der Waals surface area contributed by atoms with Crippen molar-refractivity contribution < 1.29 is 13.3 Å². The molecule has 15 rings (SSSR count). The van der Waals surface area contributed by atoms with Crippen molar-refractivity contribution in [1.82, 2.24) is 0 Å². The number of rotatable bonds is 4. The van der Waals surface area contributed by atoms with Crippen molar-refractivity contribution in [2.24, 2.45) is 0 Å². The molecule has 0 amide bonds. The fraction of sp³-hybridized carbons (Fsp3) is 0.222. The van der Waals surface area contributed by atoms with Crippen LogP contribution in [0.2, 0.25) is 0 Å². The van der Waals surface area contributed by atoms with Gasteiger partial charge in [-0.15, -0.1) is 0 Å². The molecule has 0 radical (unpaired) electrons. The zero-order valence-electron chi connectivity index (χ0n) is 46.4. The average Bonchev–Trinajstić information content (AvgIpc) is 4.28. The second-order valence-corrected chi connectivity index (χ2v) is 25.9. The fourth-order valence-electron chi connectivity index (χ4n) is 13.5. The molecule has 0 unspecified atom stereocenters. The minimum absolute atomic E-state index is 0.0261. The Morgan fingerprint density at radius 2 is 1.06 bits per heavy atom. The molecule has 12 aromatic rings. The molecule has 0 fully saturated rings. The van der Waals surface area contributed by atoms with Gasteiger partial charge in [-0.05, 0) is 146 Å². The van der Waals surface area contributed by atoms with E-state index in [1.807, 2.05) is 0 Å². The smallest absolute Gasteiger partial charge is 0.376 e. The van der Waals surface area contributed by atoms with Crippen molar-refractivity contribution in [1.29, 1.82) is 0 Å². The molecule has 382 valence electrons. The normalized spacial score (nSPS) is 15.6. The largest absolute Gasteiger partial charge is 0.466 e. The van der Waals surface area contributed by atoms with Gasteiger partial charge in [0.25, 0.3) is 0 Å². The number of hydrogen-bond acceptors (Lipinski definition) is 5. The predicted molar refractivity (Wildman–Crippen MR) is 328 cm³/mol. The third kappa shape index (κ3) is 6.87. The lowest BCUT2D eigenvalue weighted by Crippen LogP contribution is -2.61. The Morgan fingerprint density at radius 1 is 0.436 bits per heavy atom. The lowest BCUT2D eigenvalue weighted by molar-refractivity contribution is 0.332. The Balaban J connectivity index is 1.12. The third-order valence-corrected chi connectivity index (χ3v) is 18.0. The maximum absolute atomic E-state index is 7.62. The Morgan fingerprint density at radius 3 is 1.78 bits per heavy atom. The summed E-state index contributed by atoms with van der Waals surface area (Å²) >= 11 is 0. The zero-order chi connectivity index (χ0) is 53.4. The zero-order valence-corrected chi connectivity index (χ0v) is 46.4. The van der Waals surface area contributed by atoms with Crippen LogP contribution in [0.25, 0.3) is 88.2 Å². The van der Waals surface area contributed by atoms with Crippen LogP contribution in [0.4, 0.5) is 28.4 Å². The summed E-state index contributed by atoms with van der Waals surface area (Å²) in [5.41, 5.74) is 23.7. The second-order valence-electron chi connectivity index (χ2n) is 25.9. The van der Waals surface area contributed by atoms with Gasteiger partial charge in [0.2, 0.25) is 0 Å². The number of anilines is 5. The van der Waals surface area contributed by atoms with Gasteiger partial charge in [0, 0.05) is 66.8 Å². The summed E-state index contributed by atoms with van der Waals surface area (Å²) in [5.74, 6) is 0. The first-order chi connectivity index (χ1) is 37.4. The van der Waals surface area contributed by atoms with Gasteiger partial charge in [0.15, 0.2) is 0 Å². The summed E-state index contributed by atoms with van der Waals surface area (Å²) in [5, 5.41) is 5.44. The summed E-state index contributed by atoms with van der Waals surface area (Å²) in [6.07, 6.45) is 2.26. The number of para-hydroxylation sites is 1. The summed E-state index contributed by atoms with van der Waals surface area (Å²) in [6.45, 7) is 23.0. The molecule has 9 aromatic carbocycles. The van der Waals surface area contributed by atoms with Crippen LogP contribution in [-0.2, 0) is 21.7 Å². The molecule has 0 saturated carbocycles. The number of hydrogen-bond donors (Lipinski definition) is 0. The van der Waals surface area contributed by atoms with Crippen LogP contribution in [0.15, 0.2) is 189 Å². The lowest BCUT2D eigenvalue weighted by Gasteiger charge is -2.44. The Bertz CT molecular complexity index is 4460. The van der Waals surface area contributed by atoms with Gasteiger partial charge < -0.3 is 23.0 Å². The van der Waals surface area contributed by atoms with Gasteiger partial charge in [-0.1, -0.05) is 172 Å². The molecule has 0 saturated heterocycles. The molecule has 6 heteroatoms. The van der Waals surface area contributed by atoms with E-state index in [0.717, 1.165) is 141 Å². The molecule has 3 aromatic heterocycles. The molecule has 1 aliphatic carbocycles. The minimum atomic E-state index is -0.427. The van der Waals surface area contributed by atoms with Crippen LogP contribution in [0.3, 0.4) is 0 Å². The summed E-state index contributed by atoms with van der Waals surface area (Å²) in [7, 11) is 0. The third-order valence-electron chi connectivity index (χ3n) is 18.0. The fourth-order valence-corrected chi connectivity index (χ4v) is 13.5. The van der Waals surface area contributed by atoms with Gasteiger partial charge >= 0.3 is 6.85 Å². The van der Waals surface area contributed by atoms with Crippen LogP contribution < -0.4 is 20.8 Å². The molecule has 0 bridgehead atoms. The maximum Gasteiger partial charge on any atom is 0.376 e. The van der Waals surface area contributed by atoms with E-state index in [0.29, 0.717) is 0 Å². The van der Waals surface area contributed by atoms with Crippen LogP contribution in [0.5, 0.6) is 0 Å². The molecule has 78 heavy (non-hydrogen) atoms. The van der Waals surface area contributed by atoms with Crippen LogP contribution in [-0.4, -0.2) is 6.85 Å². The van der Waals surface area contributed by atoms with Gasteiger partial charge in [0.1, 0.15) is 33.6 Å². The number of furan rings is 3. The molecule has 2 aliphatic heterocycles. The van der Waals surface area contributed by atoms with Gasteiger partial charge in [-0.2, -0.15) is 0 Å². The van der Waals surface area contributed by atoms with E-state index in [1.54, 1.807) is 0 Å². The van der Waals surface area contributed by atoms with Crippen molar-refractivity contribution in [3.05, 3.63) is 198 Å². The highest BCUT2D eigenvalue weighted by Gasteiger charge is 2.50. The Labute approximate surface area is 457 Å². The summed E-state index contributed by atoms with van der Waals surface area (Å²) in [4.78, 5) is 5.10. The van der Waals surface area contributed by atoms with Crippen molar-refractivity contribution >= 4 is 101 Å². The first-order valence-electron chi connectivity index (χ1n) is 28.0. The minimum Gasteiger partial charge on any atom is -0.466 e. The molecular formula is C72H63BN2O3. The second kappa shape index (κ2) is 16.2. The molecule has 5 heterocycles. The average molecular weight is 1020 g/mol. The molecule has 0 N–H and O–H groups in total. The topological polar surface area (TPSA) is 45.9 Å². The van der Waals surface area contributed by atoms with Crippen LogP contribution >= 0.6 is 0 Å². The van der Waals surface area contributed by atoms with E-state index in [2.05, 4.69) is 255 Å². The monoisotopic (exact) mass is 1010 g/mol. The molecule has 0 atom stereocenters. The van der Waals surface area contributed by atoms with E-state index < -0.39 is 6.85 Å². The first kappa shape index (κ1) is 47.0. The lowest BCUT2D eigenvalue weighted by atomic mass is 9.45. The van der Waals surface area contributed by atoms with Crippen molar-refractivity contribution in [3.63, 3.8) is 0 Å². The number of benzene rings is 9. The van der Waals surface area contributed by atoms with E-state index in [-0.39, 0.29) is 21.7 Å². The molecule has 5 nitrogen and oxygen atoms in total. The van der Waals surface area contributed by atoms with Gasteiger partial charge in [-0.25, -0.2) is 0 Å². The van der Waals surface area contributed by atoms with E-state index >= 15 is 0 Å². The highest BCUT2D eigenvalue weighted by Crippen LogP contribution is 2.56. The quantitative estimate of drug-likeness (QED) is 0.164. The van der Waals surface area contributed by atoms with Crippen molar-refractivity contribution in [2.75, 3.05) is 9.71 Å². The van der Waals surface area contributed by atoms with Crippen LogP contribution in [0.1, 0.15) is 104 Å². The van der Waals surface area contributed by atoms with Crippen LogP contribution in [0, 0.1) is 0 Å². The SMILES string of the molecule is CC(C)(C)c1ccc(N2B3c4oc5ccc(-c6ccccc6)cc5c4N(c4ccc(C(C)(C)C)cc4-c4ccccc4)c4cc5c(oc6ccccc65)c(c43)-c3cc4c(cc32)oc2cc3c(cc24)C(C)(C)CCC3(C)C)cc1. The van der Waals surface area contributed by atoms with Gasteiger partial charge in [-0.3, -0.25) is 0 Å². The van der Waals surface area contributed by atoms with Gasteiger partial charge in [0.05, 0.1) is 11.4 Å². The van der Waals surface area contributed by atoms with E-state index in [4.69, 9.17) is 13.3 Å². The maximum atomic E-state index is 7.62. The molecular weight excluding hydrogens is 952 g/mol. The highest BCUT2D eigenvalue weighted by atomic mass is 16.3. The first-order valence-corrected chi connectivity index (χ1v) is 28.0. The Hall–Kier alpha value is -8.22. The highest BCUT2D eigenvalue weighted by molar-refractivity contribution is 6.93. The Kier molecular flexibility index (Phi) is 9.75. The summed E-state index contributed by atoms with van der Waals surface area (Å²) < 4.78 is 22.1.